The van der Waals surface area contributed by atoms with Crippen LogP contribution in [0.3, 0.4) is 0 Å². The van der Waals surface area contributed by atoms with Crippen molar-refractivity contribution in [3.05, 3.63) is 39.7 Å². The van der Waals surface area contributed by atoms with Crippen LogP contribution in [0.15, 0.2) is 18.2 Å². The van der Waals surface area contributed by atoms with Gasteiger partial charge in [0.25, 0.3) is 0 Å². The number of benzene rings is 1. The van der Waals surface area contributed by atoms with Gasteiger partial charge in [-0.1, -0.05) is 13.0 Å². The number of nitro groups is 1. The van der Waals surface area contributed by atoms with Gasteiger partial charge >= 0.3 is 5.69 Å². The average Bonchev–Trinajstić information content (AvgIpc) is 2.36. The van der Waals surface area contributed by atoms with Crippen LogP contribution < -0.4 is 5.32 Å². The summed E-state index contributed by atoms with van der Waals surface area (Å²) < 4.78 is 18.5. The zero-order valence-corrected chi connectivity index (χ0v) is 11.2. The summed E-state index contributed by atoms with van der Waals surface area (Å²) in [6.45, 7) is 3.43. The minimum absolute atomic E-state index is 0.202. The first-order valence-electron chi connectivity index (χ1n) is 6.23. The molecule has 0 aliphatic rings. The van der Waals surface area contributed by atoms with E-state index in [0.717, 1.165) is 18.5 Å². The maximum atomic E-state index is 13.4. The normalized spacial score (nSPS) is 12.4. The van der Waals surface area contributed by atoms with E-state index in [1.165, 1.54) is 12.1 Å². The Labute approximate surface area is 111 Å². The van der Waals surface area contributed by atoms with Crippen molar-refractivity contribution in [1.82, 2.24) is 5.32 Å². The van der Waals surface area contributed by atoms with Gasteiger partial charge in [-0.3, -0.25) is 10.1 Å². The summed E-state index contributed by atoms with van der Waals surface area (Å²) in [5, 5.41) is 13.8. The third kappa shape index (κ3) is 4.92. The number of nitro benzene ring substituents is 1. The van der Waals surface area contributed by atoms with E-state index in [4.69, 9.17) is 4.74 Å². The van der Waals surface area contributed by atoms with Gasteiger partial charge in [-0.2, -0.15) is 4.39 Å². The number of halogens is 1. The van der Waals surface area contributed by atoms with Crippen molar-refractivity contribution >= 4 is 5.69 Å². The highest BCUT2D eigenvalue weighted by molar-refractivity contribution is 5.35. The van der Waals surface area contributed by atoms with Gasteiger partial charge in [0.1, 0.15) is 0 Å². The first-order chi connectivity index (χ1) is 9.08. The number of rotatable bonds is 8. The molecule has 1 unspecified atom stereocenters. The summed E-state index contributed by atoms with van der Waals surface area (Å²) in [5.41, 5.74) is 0.269. The Hall–Kier alpha value is -1.53. The number of hydrogen-bond acceptors (Lipinski definition) is 4. The Kier molecular flexibility index (Phi) is 6.38. The molecule has 0 heterocycles. The molecule has 0 amide bonds. The third-order valence-electron chi connectivity index (χ3n) is 2.85. The topological polar surface area (TPSA) is 64.4 Å². The number of nitrogens with zero attached hydrogens (tertiary/aromatic N) is 1. The molecule has 1 aromatic rings. The largest absolute Gasteiger partial charge is 0.383 e. The molecule has 1 N–H and O–H groups in total. The first-order valence-corrected chi connectivity index (χ1v) is 6.23. The minimum Gasteiger partial charge on any atom is -0.383 e. The highest BCUT2D eigenvalue weighted by atomic mass is 19.1. The van der Waals surface area contributed by atoms with Crippen LogP contribution >= 0.6 is 0 Å². The van der Waals surface area contributed by atoms with Gasteiger partial charge in [0.2, 0.25) is 5.82 Å². The molecular formula is C13H19FN2O3. The number of aryl methyl sites for hydroxylation is 1. The van der Waals surface area contributed by atoms with E-state index in [2.05, 4.69) is 5.32 Å². The molecule has 0 radical (unpaired) electrons. The van der Waals surface area contributed by atoms with Gasteiger partial charge < -0.3 is 10.1 Å². The fraction of sp³-hybridized carbons (Fsp3) is 0.538. The van der Waals surface area contributed by atoms with E-state index in [0.29, 0.717) is 13.0 Å². The van der Waals surface area contributed by atoms with Crippen LogP contribution in [0.2, 0.25) is 0 Å². The zero-order chi connectivity index (χ0) is 14.3. The summed E-state index contributed by atoms with van der Waals surface area (Å²) in [6, 6.07) is 4.24. The molecule has 0 bridgehead atoms. The maximum absolute atomic E-state index is 13.4. The number of nitrogens with one attached hydrogen (secondary N) is 1. The molecule has 19 heavy (non-hydrogen) atoms. The number of methoxy groups -OCH3 is 1. The van der Waals surface area contributed by atoms with Crippen molar-refractivity contribution in [2.75, 3.05) is 20.3 Å². The van der Waals surface area contributed by atoms with Crippen LogP contribution in [-0.2, 0) is 11.2 Å². The van der Waals surface area contributed by atoms with Gasteiger partial charge in [0, 0.05) is 19.2 Å². The molecule has 0 fully saturated rings. The van der Waals surface area contributed by atoms with Crippen LogP contribution in [0.4, 0.5) is 10.1 Å². The lowest BCUT2D eigenvalue weighted by Gasteiger charge is -2.16. The van der Waals surface area contributed by atoms with Crippen molar-refractivity contribution in [2.45, 2.75) is 25.8 Å². The molecule has 0 aliphatic heterocycles. The Morgan fingerprint density at radius 1 is 1.53 bits per heavy atom. The van der Waals surface area contributed by atoms with Gasteiger partial charge in [-0.05, 0) is 31.0 Å². The molecule has 0 aliphatic carbocycles. The minimum atomic E-state index is -0.783. The fourth-order valence-electron chi connectivity index (χ4n) is 1.93. The Morgan fingerprint density at radius 2 is 2.26 bits per heavy atom. The second kappa shape index (κ2) is 7.81. The van der Waals surface area contributed by atoms with E-state index in [9.17, 15) is 14.5 Å². The van der Waals surface area contributed by atoms with Crippen LogP contribution in [0.5, 0.6) is 0 Å². The molecule has 106 valence electrons. The lowest BCUT2D eigenvalue weighted by molar-refractivity contribution is -0.387. The summed E-state index contributed by atoms with van der Waals surface area (Å²) in [4.78, 5) is 9.79. The van der Waals surface area contributed by atoms with E-state index in [1.54, 1.807) is 13.2 Å². The van der Waals surface area contributed by atoms with E-state index in [-0.39, 0.29) is 6.04 Å². The average molecular weight is 270 g/mol. The molecule has 0 spiro atoms. The standard InChI is InChI=1S/C13H19FN2O3/c1-3-15-11(9-19-2)6-4-10-5-7-13(16(17)18)12(14)8-10/h5,7-8,11,15H,3-4,6,9H2,1-2H3. The van der Waals surface area contributed by atoms with Crippen molar-refractivity contribution in [2.24, 2.45) is 0 Å². The SMILES string of the molecule is CCNC(CCc1ccc([N+](=O)[O-])c(F)c1)COC. The monoisotopic (exact) mass is 270 g/mol. The predicted molar refractivity (Wildman–Crippen MR) is 70.7 cm³/mol. The van der Waals surface area contributed by atoms with Gasteiger partial charge in [-0.25, -0.2) is 0 Å². The highest BCUT2D eigenvalue weighted by Gasteiger charge is 2.14. The van der Waals surface area contributed by atoms with E-state index < -0.39 is 16.4 Å². The Balaban J connectivity index is 2.62. The van der Waals surface area contributed by atoms with Crippen LogP contribution in [0.25, 0.3) is 0 Å². The molecule has 0 saturated carbocycles. The molecule has 1 aromatic carbocycles. The fourth-order valence-corrected chi connectivity index (χ4v) is 1.93. The smallest absolute Gasteiger partial charge is 0.304 e. The van der Waals surface area contributed by atoms with Crippen LogP contribution in [-0.4, -0.2) is 31.2 Å². The zero-order valence-electron chi connectivity index (χ0n) is 11.2. The van der Waals surface area contributed by atoms with Crippen molar-refractivity contribution in [3.8, 4) is 0 Å². The van der Waals surface area contributed by atoms with Gasteiger partial charge in [-0.15, -0.1) is 0 Å². The predicted octanol–water partition coefficient (Wildman–Crippen LogP) is 2.29. The van der Waals surface area contributed by atoms with E-state index in [1.807, 2.05) is 6.92 Å². The van der Waals surface area contributed by atoms with Crippen molar-refractivity contribution < 1.29 is 14.1 Å². The molecule has 5 nitrogen and oxygen atoms in total. The van der Waals surface area contributed by atoms with Crippen molar-refractivity contribution in [1.29, 1.82) is 0 Å². The molecule has 6 heteroatoms. The number of ether oxygens (including phenoxy) is 1. The lowest BCUT2D eigenvalue weighted by Crippen LogP contribution is -2.33. The van der Waals surface area contributed by atoms with Crippen molar-refractivity contribution in [3.63, 3.8) is 0 Å². The molecule has 0 saturated heterocycles. The Bertz CT molecular complexity index is 420. The summed E-state index contributed by atoms with van der Waals surface area (Å²) in [6.07, 6.45) is 1.44. The second-order valence-corrected chi connectivity index (χ2v) is 4.29. The molecular weight excluding hydrogens is 251 g/mol. The van der Waals surface area contributed by atoms with E-state index >= 15 is 0 Å². The van der Waals surface area contributed by atoms with Gasteiger partial charge in [0.05, 0.1) is 11.5 Å². The summed E-state index contributed by atoms with van der Waals surface area (Å²) >= 11 is 0. The summed E-state index contributed by atoms with van der Waals surface area (Å²) in [7, 11) is 1.63. The quantitative estimate of drug-likeness (QED) is 0.581. The molecule has 0 aromatic heterocycles. The molecule has 1 rings (SSSR count). The Morgan fingerprint density at radius 3 is 2.79 bits per heavy atom. The highest BCUT2D eigenvalue weighted by Crippen LogP contribution is 2.19. The summed E-state index contributed by atoms with van der Waals surface area (Å²) in [5.74, 6) is -0.783. The lowest BCUT2D eigenvalue weighted by atomic mass is 10.0. The van der Waals surface area contributed by atoms with Crippen LogP contribution in [0.1, 0.15) is 18.9 Å². The maximum Gasteiger partial charge on any atom is 0.304 e. The first kappa shape index (κ1) is 15.5. The van der Waals surface area contributed by atoms with Crippen LogP contribution in [0, 0.1) is 15.9 Å². The second-order valence-electron chi connectivity index (χ2n) is 4.29. The number of likely N-dealkylation sites (N-methyl/N-ethyl adjacent to an activating group) is 1. The number of hydrogen-bond donors (Lipinski definition) is 1. The third-order valence-corrected chi connectivity index (χ3v) is 2.85. The molecule has 1 atom stereocenters. The van der Waals surface area contributed by atoms with Gasteiger partial charge in [0.15, 0.2) is 0 Å².